The number of aromatic nitrogens is 1. The van der Waals surface area contributed by atoms with Crippen LogP contribution in [0.3, 0.4) is 0 Å². The van der Waals surface area contributed by atoms with Crippen LogP contribution in [-0.4, -0.2) is 10.8 Å². The van der Waals surface area contributed by atoms with Crippen LogP contribution in [0, 0.1) is 0 Å². The van der Waals surface area contributed by atoms with Crippen LogP contribution in [0.4, 0.5) is 5.69 Å². The molecule has 2 N–H and O–H groups in total. The maximum Gasteiger partial charge on any atom is 0.230 e. The number of pyridine rings is 1. The number of hydrogen-bond donors (Lipinski definition) is 1. The van der Waals surface area contributed by atoms with Crippen molar-refractivity contribution in [3.05, 3.63) is 95.6 Å². The van der Waals surface area contributed by atoms with Crippen molar-refractivity contribution < 1.29 is 9.21 Å². The fourth-order valence-corrected chi connectivity index (χ4v) is 4.14. The summed E-state index contributed by atoms with van der Waals surface area (Å²) in [5.74, 6) is -0.124. The van der Waals surface area contributed by atoms with Gasteiger partial charge in [-0.1, -0.05) is 66.7 Å². The van der Waals surface area contributed by atoms with Crippen LogP contribution in [0.2, 0.25) is 0 Å². The molecule has 0 saturated heterocycles. The number of nitrogen functional groups attached to an aromatic ring is 1. The van der Waals surface area contributed by atoms with Crippen molar-refractivity contribution >= 4 is 33.9 Å². The molecule has 0 bridgehead atoms. The van der Waals surface area contributed by atoms with E-state index in [1.807, 2.05) is 72.1 Å². The van der Waals surface area contributed by atoms with Gasteiger partial charge in [-0.15, -0.1) is 11.3 Å². The first-order valence-corrected chi connectivity index (χ1v) is 10.0. The largest absolute Gasteiger partial charge is 0.432 e. The van der Waals surface area contributed by atoms with Crippen molar-refractivity contribution in [2.24, 2.45) is 0 Å². The average molecular weight is 396 g/mol. The van der Waals surface area contributed by atoms with E-state index in [0.717, 1.165) is 21.7 Å². The molecule has 0 aliphatic carbocycles. The Morgan fingerprint density at radius 3 is 2.34 bits per heavy atom. The molecule has 0 spiro atoms. The molecule has 0 radical (unpaired) electrons. The standard InChI is InChI=1S/C24H16N2O2S/c25-21-20-17(19-12-7-13-29-19)14-18(15-8-3-1-4-9-15)26-24(20)28-23(21)22(27)16-10-5-2-6-11-16/h1-14H,25H2. The molecule has 0 aliphatic heterocycles. The number of rotatable bonds is 4. The number of ketones is 1. The molecule has 5 aromatic rings. The number of carbonyl (C=O) groups excluding carboxylic acids is 1. The lowest BCUT2D eigenvalue weighted by Crippen LogP contribution is -2.02. The normalized spacial score (nSPS) is 11.0. The third kappa shape index (κ3) is 3.02. The minimum Gasteiger partial charge on any atom is -0.432 e. The maximum absolute atomic E-state index is 13.0. The van der Waals surface area contributed by atoms with Crippen LogP contribution < -0.4 is 5.73 Å². The highest BCUT2D eigenvalue weighted by Crippen LogP contribution is 2.40. The van der Waals surface area contributed by atoms with Crippen LogP contribution in [0.5, 0.6) is 0 Å². The second kappa shape index (κ2) is 7.04. The van der Waals surface area contributed by atoms with E-state index in [1.54, 1.807) is 23.5 Å². The summed E-state index contributed by atoms with van der Waals surface area (Å²) in [6, 6.07) is 24.9. The first-order chi connectivity index (χ1) is 14.2. The Morgan fingerprint density at radius 1 is 0.931 bits per heavy atom. The molecular weight excluding hydrogens is 380 g/mol. The lowest BCUT2D eigenvalue weighted by molar-refractivity contribution is 0.101. The molecule has 140 valence electrons. The zero-order chi connectivity index (χ0) is 19.8. The summed E-state index contributed by atoms with van der Waals surface area (Å²) >= 11 is 1.61. The topological polar surface area (TPSA) is 69.1 Å². The van der Waals surface area contributed by atoms with Crippen LogP contribution in [-0.2, 0) is 0 Å². The molecule has 29 heavy (non-hydrogen) atoms. The molecule has 2 aromatic carbocycles. The summed E-state index contributed by atoms with van der Waals surface area (Å²) in [4.78, 5) is 18.7. The Hall–Kier alpha value is -3.70. The molecule has 0 aliphatic rings. The molecule has 3 aromatic heterocycles. The van der Waals surface area contributed by atoms with Crippen molar-refractivity contribution in [3.8, 4) is 21.7 Å². The number of carbonyl (C=O) groups is 1. The Balaban J connectivity index is 1.76. The fourth-order valence-electron chi connectivity index (χ4n) is 3.39. The number of nitrogens with two attached hydrogens (primary N) is 1. The van der Waals surface area contributed by atoms with Gasteiger partial charge < -0.3 is 10.2 Å². The number of thiophene rings is 1. The van der Waals surface area contributed by atoms with Crippen LogP contribution in [0.15, 0.2) is 88.7 Å². The summed E-state index contributed by atoms with van der Waals surface area (Å²) in [6.45, 7) is 0. The molecule has 0 saturated carbocycles. The molecule has 5 rings (SSSR count). The molecule has 4 nitrogen and oxygen atoms in total. The van der Waals surface area contributed by atoms with Gasteiger partial charge in [0.05, 0.1) is 16.8 Å². The van der Waals surface area contributed by atoms with E-state index in [2.05, 4.69) is 4.98 Å². The van der Waals surface area contributed by atoms with E-state index in [0.29, 0.717) is 22.4 Å². The third-order valence-electron chi connectivity index (χ3n) is 4.80. The van der Waals surface area contributed by atoms with E-state index < -0.39 is 0 Å². The van der Waals surface area contributed by atoms with E-state index in [4.69, 9.17) is 10.2 Å². The van der Waals surface area contributed by atoms with Gasteiger partial charge in [-0.25, -0.2) is 4.98 Å². The Labute approximate surface area is 171 Å². The summed E-state index contributed by atoms with van der Waals surface area (Å²) in [7, 11) is 0. The SMILES string of the molecule is Nc1c(C(=O)c2ccccc2)oc2nc(-c3ccccc3)cc(-c3cccs3)c12. The first-order valence-electron chi connectivity index (χ1n) is 9.14. The van der Waals surface area contributed by atoms with Crippen molar-refractivity contribution in [2.75, 3.05) is 5.73 Å². The number of nitrogens with zero attached hydrogens (tertiary/aromatic N) is 1. The Bertz CT molecular complexity index is 1310. The predicted molar refractivity (Wildman–Crippen MR) is 117 cm³/mol. The third-order valence-corrected chi connectivity index (χ3v) is 5.70. The van der Waals surface area contributed by atoms with Gasteiger partial charge >= 0.3 is 0 Å². The summed E-state index contributed by atoms with van der Waals surface area (Å²) in [6.07, 6.45) is 0. The second-order valence-corrected chi connectivity index (χ2v) is 7.57. The van der Waals surface area contributed by atoms with Gasteiger partial charge in [0.2, 0.25) is 17.3 Å². The Morgan fingerprint density at radius 2 is 1.66 bits per heavy atom. The minimum absolute atomic E-state index is 0.127. The predicted octanol–water partition coefficient (Wildman–Crippen LogP) is 6.04. The zero-order valence-corrected chi connectivity index (χ0v) is 16.1. The van der Waals surface area contributed by atoms with Gasteiger partial charge in [0.25, 0.3) is 0 Å². The maximum atomic E-state index is 13.0. The van der Waals surface area contributed by atoms with Crippen molar-refractivity contribution in [1.29, 1.82) is 0 Å². The molecule has 5 heteroatoms. The van der Waals surface area contributed by atoms with E-state index >= 15 is 0 Å². The number of furan rings is 1. The Kier molecular flexibility index (Phi) is 4.22. The molecule has 0 fully saturated rings. The monoisotopic (exact) mass is 396 g/mol. The van der Waals surface area contributed by atoms with Gasteiger partial charge in [-0.3, -0.25) is 4.79 Å². The lowest BCUT2D eigenvalue weighted by Gasteiger charge is -2.06. The highest BCUT2D eigenvalue weighted by molar-refractivity contribution is 7.13. The van der Waals surface area contributed by atoms with Crippen LogP contribution >= 0.6 is 11.3 Å². The number of benzene rings is 2. The quantitative estimate of drug-likeness (QED) is 0.376. The van der Waals surface area contributed by atoms with Gasteiger partial charge in [-0.05, 0) is 17.5 Å². The molecule has 0 unspecified atom stereocenters. The van der Waals surface area contributed by atoms with Gasteiger partial charge in [0, 0.05) is 21.6 Å². The van der Waals surface area contributed by atoms with Crippen molar-refractivity contribution in [1.82, 2.24) is 4.98 Å². The highest BCUT2D eigenvalue weighted by atomic mass is 32.1. The number of hydrogen-bond acceptors (Lipinski definition) is 5. The summed E-state index contributed by atoms with van der Waals surface area (Å²) < 4.78 is 5.93. The van der Waals surface area contributed by atoms with E-state index in [9.17, 15) is 4.79 Å². The molecule has 3 heterocycles. The van der Waals surface area contributed by atoms with Crippen LogP contribution in [0.1, 0.15) is 16.1 Å². The smallest absolute Gasteiger partial charge is 0.230 e. The second-order valence-electron chi connectivity index (χ2n) is 6.62. The summed E-state index contributed by atoms with van der Waals surface area (Å²) in [5.41, 5.74) is 10.3. The summed E-state index contributed by atoms with van der Waals surface area (Å²) in [5, 5.41) is 2.68. The number of fused-ring (bicyclic) bond motifs is 1. The molecular formula is C24H16N2O2S. The lowest BCUT2D eigenvalue weighted by atomic mass is 10.0. The zero-order valence-electron chi connectivity index (χ0n) is 15.3. The highest BCUT2D eigenvalue weighted by Gasteiger charge is 2.24. The van der Waals surface area contributed by atoms with Gasteiger partial charge in [0.15, 0.2) is 0 Å². The number of anilines is 1. The fraction of sp³-hybridized carbons (Fsp3) is 0. The minimum atomic E-state index is -0.250. The van der Waals surface area contributed by atoms with Gasteiger partial charge in [-0.2, -0.15) is 0 Å². The molecule has 0 amide bonds. The molecule has 0 atom stereocenters. The van der Waals surface area contributed by atoms with Gasteiger partial charge in [0.1, 0.15) is 0 Å². The van der Waals surface area contributed by atoms with E-state index in [1.165, 1.54) is 0 Å². The van der Waals surface area contributed by atoms with E-state index in [-0.39, 0.29) is 11.5 Å². The van der Waals surface area contributed by atoms with Crippen LogP contribution in [0.25, 0.3) is 32.8 Å². The van der Waals surface area contributed by atoms with Crippen molar-refractivity contribution in [3.63, 3.8) is 0 Å². The first kappa shape index (κ1) is 17.4. The average Bonchev–Trinajstić information content (AvgIpc) is 3.42. The van der Waals surface area contributed by atoms with Crippen molar-refractivity contribution in [2.45, 2.75) is 0 Å².